The zero-order chi connectivity index (χ0) is 14.5. The summed E-state index contributed by atoms with van der Waals surface area (Å²) in [4.78, 5) is 20.2. The van der Waals surface area contributed by atoms with Gasteiger partial charge in [0.1, 0.15) is 0 Å². The number of nitrogens with zero attached hydrogens (tertiary/aromatic N) is 4. The van der Waals surface area contributed by atoms with Gasteiger partial charge in [0.15, 0.2) is 5.82 Å². The molecule has 7 nitrogen and oxygen atoms in total. The van der Waals surface area contributed by atoms with Gasteiger partial charge in [0.2, 0.25) is 11.8 Å². The van der Waals surface area contributed by atoms with Crippen molar-refractivity contribution >= 4 is 5.91 Å². The molecule has 0 atom stereocenters. The van der Waals surface area contributed by atoms with Crippen LogP contribution in [0.1, 0.15) is 31.5 Å². The second-order valence-corrected chi connectivity index (χ2v) is 5.50. The average Bonchev–Trinajstić information content (AvgIpc) is 2.88. The molecule has 7 heteroatoms. The molecule has 2 rings (SSSR count). The quantitative estimate of drug-likeness (QED) is 0.822. The third-order valence-electron chi connectivity index (χ3n) is 3.28. The van der Waals surface area contributed by atoms with Crippen molar-refractivity contribution in [3.8, 4) is 0 Å². The van der Waals surface area contributed by atoms with Crippen molar-refractivity contribution in [1.82, 2.24) is 25.3 Å². The van der Waals surface area contributed by atoms with Gasteiger partial charge < -0.3 is 14.7 Å². The van der Waals surface area contributed by atoms with Crippen LogP contribution in [0.5, 0.6) is 0 Å². The molecule has 0 unspecified atom stereocenters. The molecule has 1 aliphatic rings. The van der Waals surface area contributed by atoms with Gasteiger partial charge in [0.25, 0.3) is 0 Å². The molecule has 0 saturated carbocycles. The molecule has 112 valence electrons. The first-order valence-corrected chi connectivity index (χ1v) is 7.05. The number of rotatable bonds is 5. The van der Waals surface area contributed by atoms with E-state index >= 15 is 0 Å². The highest BCUT2D eigenvalue weighted by molar-refractivity contribution is 5.78. The predicted octanol–water partition coefficient (Wildman–Crippen LogP) is 0.0566. The molecular formula is C13H23N5O2. The molecule has 0 aliphatic carbocycles. The first-order valence-electron chi connectivity index (χ1n) is 7.05. The van der Waals surface area contributed by atoms with E-state index in [0.717, 1.165) is 26.2 Å². The molecule has 0 spiro atoms. The number of hydrogen-bond acceptors (Lipinski definition) is 6. The highest BCUT2D eigenvalue weighted by atomic mass is 16.5. The van der Waals surface area contributed by atoms with Crippen LogP contribution in [0.25, 0.3) is 0 Å². The van der Waals surface area contributed by atoms with E-state index < -0.39 is 0 Å². The summed E-state index contributed by atoms with van der Waals surface area (Å²) in [5.74, 6) is 1.67. The summed E-state index contributed by atoms with van der Waals surface area (Å²) in [7, 11) is 1.89. The van der Waals surface area contributed by atoms with Gasteiger partial charge in [0, 0.05) is 32.1 Å². The lowest BCUT2D eigenvalue weighted by molar-refractivity contribution is -0.132. The van der Waals surface area contributed by atoms with Crippen molar-refractivity contribution in [3.63, 3.8) is 0 Å². The van der Waals surface area contributed by atoms with E-state index in [1.165, 1.54) is 0 Å². The number of amides is 1. The molecule has 0 radical (unpaired) electrons. The smallest absolute Gasteiger partial charge is 0.240 e. The van der Waals surface area contributed by atoms with Crippen LogP contribution in [0.2, 0.25) is 0 Å². The molecule has 1 saturated heterocycles. The standard InChI is InChI=1S/C13H23N5O2/c1-10(2)13-15-11(20-16-13)8-17(3)9-12(19)18-6-4-14-5-7-18/h10,14H,4-9H2,1-3H3. The van der Waals surface area contributed by atoms with E-state index in [1.54, 1.807) is 0 Å². The van der Waals surface area contributed by atoms with Gasteiger partial charge in [-0.25, -0.2) is 0 Å². The summed E-state index contributed by atoms with van der Waals surface area (Å²) >= 11 is 0. The normalized spacial score (nSPS) is 16.1. The predicted molar refractivity (Wildman–Crippen MR) is 74.2 cm³/mol. The Labute approximate surface area is 119 Å². The van der Waals surface area contributed by atoms with Crippen LogP contribution >= 0.6 is 0 Å². The molecule has 1 aromatic rings. The molecule has 1 amide bonds. The number of nitrogens with one attached hydrogen (secondary N) is 1. The lowest BCUT2D eigenvalue weighted by Gasteiger charge is -2.28. The highest BCUT2D eigenvalue weighted by Gasteiger charge is 2.19. The Kier molecular flexibility index (Phi) is 5.08. The minimum atomic E-state index is 0.151. The Morgan fingerprint density at radius 3 is 2.75 bits per heavy atom. The fourth-order valence-corrected chi connectivity index (χ4v) is 2.10. The first kappa shape index (κ1) is 14.9. The summed E-state index contributed by atoms with van der Waals surface area (Å²) < 4.78 is 5.19. The molecule has 1 aliphatic heterocycles. The summed E-state index contributed by atoms with van der Waals surface area (Å²) in [5, 5.41) is 7.16. The maximum Gasteiger partial charge on any atom is 0.240 e. The van der Waals surface area contributed by atoms with E-state index in [2.05, 4.69) is 15.5 Å². The van der Waals surface area contributed by atoms with Gasteiger partial charge in [0.05, 0.1) is 13.1 Å². The van der Waals surface area contributed by atoms with Crippen LogP contribution in [-0.2, 0) is 11.3 Å². The van der Waals surface area contributed by atoms with E-state index in [0.29, 0.717) is 24.8 Å². The Bertz CT molecular complexity index is 440. The third kappa shape index (κ3) is 4.01. The van der Waals surface area contributed by atoms with E-state index in [-0.39, 0.29) is 11.8 Å². The Balaban J connectivity index is 1.81. The van der Waals surface area contributed by atoms with Crippen molar-refractivity contribution < 1.29 is 9.32 Å². The van der Waals surface area contributed by atoms with Crippen molar-refractivity contribution in [2.24, 2.45) is 0 Å². The SMILES string of the molecule is CC(C)c1noc(CN(C)CC(=O)N2CCNCC2)n1. The number of piperazine rings is 1. The summed E-state index contributed by atoms with van der Waals surface area (Å²) in [5.41, 5.74) is 0. The number of likely N-dealkylation sites (N-methyl/N-ethyl adjacent to an activating group) is 1. The van der Waals surface area contributed by atoms with Gasteiger partial charge in [-0.3, -0.25) is 9.69 Å². The minimum absolute atomic E-state index is 0.151. The maximum absolute atomic E-state index is 12.1. The zero-order valence-electron chi connectivity index (χ0n) is 12.4. The molecule has 0 aromatic carbocycles. The highest BCUT2D eigenvalue weighted by Crippen LogP contribution is 2.10. The van der Waals surface area contributed by atoms with Crippen LogP contribution in [0.4, 0.5) is 0 Å². The van der Waals surface area contributed by atoms with Crippen LogP contribution in [0.3, 0.4) is 0 Å². The summed E-state index contributed by atoms with van der Waals surface area (Å²) in [6.07, 6.45) is 0. The molecule has 2 heterocycles. The van der Waals surface area contributed by atoms with E-state index in [9.17, 15) is 4.79 Å². The zero-order valence-corrected chi connectivity index (χ0v) is 12.4. The fraction of sp³-hybridized carbons (Fsp3) is 0.769. The van der Waals surface area contributed by atoms with E-state index in [4.69, 9.17) is 4.52 Å². The summed E-state index contributed by atoms with van der Waals surface area (Å²) in [6.45, 7) is 8.22. The molecule has 1 N–H and O–H groups in total. The third-order valence-corrected chi connectivity index (χ3v) is 3.28. The van der Waals surface area contributed by atoms with Crippen molar-refractivity contribution in [1.29, 1.82) is 0 Å². The summed E-state index contributed by atoms with van der Waals surface area (Å²) in [6, 6.07) is 0. The largest absolute Gasteiger partial charge is 0.339 e. The second kappa shape index (κ2) is 6.81. The van der Waals surface area contributed by atoms with Gasteiger partial charge in [-0.1, -0.05) is 19.0 Å². The molecular weight excluding hydrogens is 258 g/mol. The van der Waals surface area contributed by atoms with Gasteiger partial charge in [-0.2, -0.15) is 4.98 Å². The van der Waals surface area contributed by atoms with Crippen molar-refractivity contribution in [2.75, 3.05) is 39.8 Å². The molecule has 0 bridgehead atoms. The fourth-order valence-electron chi connectivity index (χ4n) is 2.10. The maximum atomic E-state index is 12.1. The number of aromatic nitrogens is 2. The Morgan fingerprint density at radius 1 is 1.45 bits per heavy atom. The molecule has 20 heavy (non-hydrogen) atoms. The van der Waals surface area contributed by atoms with Crippen molar-refractivity contribution in [3.05, 3.63) is 11.7 Å². The monoisotopic (exact) mass is 281 g/mol. The second-order valence-electron chi connectivity index (χ2n) is 5.50. The van der Waals surface area contributed by atoms with Crippen LogP contribution in [0, 0.1) is 0 Å². The number of carbonyl (C=O) groups excluding carboxylic acids is 1. The van der Waals surface area contributed by atoms with Crippen LogP contribution in [0.15, 0.2) is 4.52 Å². The molecule has 1 aromatic heterocycles. The minimum Gasteiger partial charge on any atom is -0.339 e. The Hall–Kier alpha value is -1.47. The number of carbonyl (C=O) groups is 1. The lowest BCUT2D eigenvalue weighted by atomic mass is 10.2. The van der Waals surface area contributed by atoms with Crippen molar-refractivity contribution in [2.45, 2.75) is 26.3 Å². The lowest BCUT2D eigenvalue weighted by Crippen LogP contribution is -2.49. The topological polar surface area (TPSA) is 74.5 Å². The van der Waals surface area contributed by atoms with Crippen LogP contribution in [-0.4, -0.2) is 65.6 Å². The molecule has 1 fully saturated rings. The van der Waals surface area contributed by atoms with Gasteiger partial charge in [-0.15, -0.1) is 0 Å². The number of hydrogen-bond donors (Lipinski definition) is 1. The van der Waals surface area contributed by atoms with Gasteiger partial charge >= 0.3 is 0 Å². The Morgan fingerprint density at radius 2 is 2.15 bits per heavy atom. The first-order chi connectivity index (χ1) is 9.56. The average molecular weight is 281 g/mol. The van der Waals surface area contributed by atoms with E-state index in [1.807, 2.05) is 30.7 Å². The van der Waals surface area contributed by atoms with Gasteiger partial charge in [-0.05, 0) is 7.05 Å². The van der Waals surface area contributed by atoms with Crippen LogP contribution < -0.4 is 5.32 Å².